The van der Waals surface area contributed by atoms with Crippen LogP contribution in [0.4, 0.5) is 11.4 Å². The number of nitrogens with zero attached hydrogens (tertiary/aromatic N) is 1. The molecule has 5 nitrogen and oxygen atoms in total. The van der Waals surface area contributed by atoms with Gasteiger partial charge in [-0.3, -0.25) is 9.10 Å². The van der Waals surface area contributed by atoms with Crippen molar-refractivity contribution in [2.24, 2.45) is 0 Å². The molecule has 0 atom stereocenters. The minimum atomic E-state index is -3.21. The van der Waals surface area contributed by atoms with Gasteiger partial charge in [0.15, 0.2) is 0 Å². The molecule has 0 spiro atoms. The number of amides is 1. The summed E-state index contributed by atoms with van der Waals surface area (Å²) in [5, 5.41) is 3.52. The van der Waals surface area contributed by atoms with Crippen molar-refractivity contribution in [3.63, 3.8) is 0 Å². The van der Waals surface area contributed by atoms with Crippen molar-refractivity contribution in [3.05, 3.63) is 64.1 Å². The second-order valence-electron chi connectivity index (χ2n) is 5.75. The van der Waals surface area contributed by atoms with Crippen LogP contribution in [0.25, 0.3) is 6.08 Å². The molecule has 1 N–H and O–H groups in total. The third-order valence-electron chi connectivity index (χ3n) is 3.92. The number of halogens is 2. The molecule has 0 unspecified atom stereocenters. The van der Waals surface area contributed by atoms with E-state index in [0.29, 0.717) is 39.9 Å². The van der Waals surface area contributed by atoms with Crippen molar-refractivity contribution >= 4 is 56.6 Å². The Balaban J connectivity index is 1.66. The van der Waals surface area contributed by atoms with Gasteiger partial charge in [0.1, 0.15) is 0 Å². The van der Waals surface area contributed by atoms with E-state index in [-0.39, 0.29) is 11.7 Å². The molecule has 1 heterocycles. The van der Waals surface area contributed by atoms with Crippen molar-refractivity contribution in [2.45, 2.75) is 6.42 Å². The Morgan fingerprint density at radius 2 is 1.85 bits per heavy atom. The molecule has 0 saturated carbocycles. The van der Waals surface area contributed by atoms with Gasteiger partial charge in [0.05, 0.1) is 21.5 Å². The number of hydrogen-bond donors (Lipinski definition) is 1. The van der Waals surface area contributed by atoms with Crippen LogP contribution in [0.3, 0.4) is 0 Å². The van der Waals surface area contributed by atoms with E-state index < -0.39 is 10.0 Å². The van der Waals surface area contributed by atoms with Crippen LogP contribution in [0.15, 0.2) is 48.5 Å². The van der Waals surface area contributed by atoms with Gasteiger partial charge >= 0.3 is 0 Å². The smallest absolute Gasteiger partial charge is 0.248 e. The first-order valence-corrected chi connectivity index (χ1v) is 10.3. The first kappa shape index (κ1) is 18.8. The van der Waals surface area contributed by atoms with E-state index in [9.17, 15) is 13.2 Å². The van der Waals surface area contributed by atoms with Crippen LogP contribution in [0.5, 0.6) is 0 Å². The SMILES string of the molecule is O=C(/C=C/c1cccc(Cl)c1Cl)Nc1ccc(N2CCCS2(=O)=O)cc1. The van der Waals surface area contributed by atoms with Crippen molar-refractivity contribution in [2.75, 3.05) is 21.9 Å². The Morgan fingerprint density at radius 1 is 1.12 bits per heavy atom. The van der Waals surface area contributed by atoms with Crippen molar-refractivity contribution in [3.8, 4) is 0 Å². The fraction of sp³-hybridized carbons (Fsp3) is 0.167. The topological polar surface area (TPSA) is 66.5 Å². The summed E-state index contributed by atoms with van der Waals surface area (Å²) < 4.78 is 25.2. The number of carbonyl (C=O) groups is 1. The van der Waals surface area contributed by atoms with E-state index in [0.717, 1.165) is 0 Å². The van der Waals surface area contributed by atoms with Gasteiger partial charge in [0, 0.05) is 18.3 Å². The number of carbonyl (C=O) groups excluding carboxylic acids is 1. The fourth-order valence-corrected chi connectivity index (χ4v) is 4.57. The molecule has 136 valence electrons. The normalized spacial score (nSPS) is 16.2. The molecule has 8 heteroatoms. The molecule has 0 bridgehead atoms. The first-order chi connectivity index (χ1) is 12.4. The minimum Gasteiger partial charge on any atom is -0.323 e. The third-order valence-corrected chi connectivity index (χ3v) is 6.62. The summed E-state index contributed by atoms with van der Waals surface area (Å²) in [4.78, 5) is 12.0. The van der Waals surface area contributed by atoms with Gasteiger partial charge < -0.3 is 5.32 Å². The fourth-order valence-electron chi connectivity index (χ4n) is 2.64. The van der Waals surface area contributed by atoms with E-state index in [1.807, 2.05) is 0 Å². The first-order valence-electron chi connectivity index (χ1n) is 7.90. The number of hydrogen-bond acceptors (Lipinski definition) is 3. The predicted octanol–water partition coefficient (Wildman–Crippen LogP) is 4.19. The molecule has 1 saturated heterocycles. The van der Waals surface area contributed by atoms with E-state index in [2.05, 4.69) is 5.32 Å². The summed E-state index contributed by atoms with van der Waals surface area (Å²) in [5.74, 6) is -0.162. The summed E-state index contributed by atoms with van der Waals surface area (Å²) in [6.45, 7) is 0.483. The average Bonchev–Trinajstić information content (AvgIpc) is 2.96. The summed E-state index contributed by atoms with van der Waals surface area (Å²) in [6, 6.07) is 11.9. The predicted molar refractivity (Wildman–Crippen MR) is 106 cm³/mol. The van der Waals surface area contributed by atoms with Crippen LogP contribution in [0.2, 0.25) is 10.0 Å². The Hall–Kier alpha value is -2.02. The van der Waals surface area contributed by atoms with E-state index in [1.165, 1.54) is 10.4 Å². The molecular formula is C18H16Cl2N2O3S. The summed E-state index contributed by atoms with van der Waals surface area (Å²) in [5.41, 5.74) is 1.81. The van der Waals surface area contributed by atoms with Crippen LogP contribution in [0.1, 0.15) is 12.0 Å². The van der Waals surface area contributed by atoms with Gasteiger partial charge in [-0.05, 0) is 48.4 Å². The second kappa shape index (κ2) is 7.70. The van der Waals surface area contributed by atoms with Gasteiger partial charge in [-0.25, -0.2) is 8.42 Å². The molecule has 0 aromatic heterocycles. The second-order valence-corrected chi connectivity index (χ2v) is 8.55. The molecule has 0 radical (unpaired) electrons. The standard InChI is InChI=1S/C18H16Cl2N2O3S/c19-16-4-1-3-13(18(16)20)5-10-17(23)21-14-6-8-15(9-7-14)22-11-2-12-26(22,24)25/h1,3-10H,2,11-12H2,(H,21,23)/b10-5+. The zero-order valence-corrected chi connectivity index (χ0v) is 16.0. The maximum Gasteiger partial charge on any atom is 0.248 e. The van der Waals surface area contributed by atoms with Gasteiger partial charge in [-0.2, -0.15) is 0 Å². The quantitative estimate of drug-likeness (QED) is 0.768. The Labute approximate surface area is 162 Å². The zero-order chi connectivity index (χ0) is 18.7. The van der Waals surface area contributed by atoms with Crippen LogP contribution in [0, 0.1) is 0 Å². The van der Waals surface area contributed by atoms with E-state index in [4.69, 9.17) is 23.2 Å². The van der Waals surface area contributed by atoms with Crippen LogP contribution in [-0.2, 0) is 14.8 Å². The van der Waals surface area contributed by atoms with Crippen LogP contribution < -0.4 is 9.62 Å². The number of benzene rings is 2. The molecule has 1 aliphatic rings. The summed E-state index contributed by atoms with van der Waals surface area (Å²) in [6.07, 6.45) is 3.56. The number of nitrogens with one attached hydrogen (secondary N) is 1. The van der Waals surface area contributed by atoms with E-state index >= 15 is 0 Å². The van der Waals surface area contributed by atoms with Crippen LogP contribution >= 0.6 is 23.2 Å². The highest BCUT2D eigenvalue weighted by atomic mass is 35.5. The molecule has 2 aromatic carbocycles. The number of rotatable bonds is 4. The lowest BCUT2D eigenvalue weighted by Crippen LogP contribution is -2.24. The lowest BCUT2D eigenvalue weighted by Gasteiger charge is -2.17. The molecule has 0 aliphatic carbocycles. The van der Waals surface area contributed by atoms with Gasteiger partial charge in [-0.15, -0.1) is 0 Å². The van der Waals surface area contributed by atoms with Gasteiger partial charge in [-0.1, -0.05) is 35.3 Å². The maximum atomic E-state index is 12.0. The summed E-state index contributed by atoms with van der Waals surface area (Å²) in [7, 11) is -3.21. The summed E-state index contributed by atoms with van der Waals surface area (Å²) >= 11 is 12.0. The third kappa shape index (κ3) is 4.20. The average molecular weight is 411 g/mol. The van der Waals surface area contributed by atoms with Crippen molar-refractivity contribution < 1.29 is 13.2 Å². The van der Waals surface area contributed by atoms with Gasteiger partial charge in [0.2, 0.25) is 15.9 Å². The Morgan fingerprint density at radius 3 is 2.50 bits per heavy atom. The molecule has 1 amide bonds. The molecule has 26 heavy (non-hydrogen) atoms. The number of sulfonamides is 1. The zero-order valence-electron chi connectivity index (χ0n) is 13.7. The molecule has 1 aliphatic heterocycles. The highest BCUT2D eigenvalue weighted by molar-refractivity contribution is 7.93. The maximum absolute atomic E-state index is 12.0. The molecular weight excluding hydrogens is 395 g/mol. The van der Waals surface area contributed by atoms with Gasteiger partial charge in [0.25, 0.3) is 0 Å². The largest absolute Gasteiger partial charge is 0.323 e. The monoisotopic (exact) mass is 410 g/mol. The highest BCUT2D eigenvalue weighted by Gasteiger charge is 2.28. The lowest BCUT2D eigenvalue weighted by atomic mass is 10.2. The molecule has 2 aromatic rings. The Kier molecular flexibility index (Phi) is 5.55. The molecule has 1 fully saturated rings. The highest BCUT2D eigenvalue weighted by Crippen LogP contribution is 2.27. The molecule has 3 rings (SSSR count). The minimum absolute atomic E-state index is 0.169. The van der Waals surface area contributed by atoms with Crippen molar-refractivity contribution in [1.82, 2.24) is 0 Å². The Bertz CT molecular complexity index is 957. The van der Waals surface area contributed by atoms with Crippen LogP contribution in [-0.4, -0.2) is 26.6 Å². The van der Waals surface area contributed by atoms with E-state index in [1.54, 1.807) is 48.5 Å². The lowest BCUT2D eigenvalue weighted by molar-refractivity contribution is -0.111. The number of anilines is 2. The van der Waals surface area contributed by atoms with Crippen molar-refractivity contribution in [1.29, 1.82) is 0 Å².